The van der Waals surface area contributed by atoms with Crippen LogP contribution in [0.5, 0.6) is 5.75 Å². The molecule has 0 aliphatic rings. The Kier molecular flexibility index (Phi) is 4.72. The Morgan fingerprint density at radius 2 is 2.15 bits per heavy atom. The van der Waals surface area contributed by atoms with Crippen molar-refractivity contribution in [3.8, 4) is 5.75 Å². The molecule has 0 aliphatic carbocycles. The molecule has 1 heterocycles. The quantitative estimate of drug-likeness (QED) is 0.742. The van der Waals surface area contributed by atoms with E-state index in [0.717, 1.165) is 23.1 Å². The van der Waals surface area contributed by atoms with Gasteiger partial charge in [0.25, 0.3) is 0 Å². The van der Waals surface area contributed by atoms with Gasteiger partial charge in [-0.05, 0) is 43.0 Å². The molecule has 0 bridgehead atoms. The van der Waals surface area contributed by atoms with Crippen LogP contribution >= 0.6 is 0 Å². The first-order chi connectivity index (χ1) is 9.58. The van der Waals surface area contributed by atoms with Gasteiger partial charge in [-0.2, -0.15) is 0 Å². The number of carbonyl (C=O) groups is 1. The van der Waals surface area contributed by atoms with Crippen LogP contribution in [0, 0.1) is 0 Å². The lowest BCUT2D eigenvalue weighted by atomic mass is 10.0. The third-order valence-corrected chi connectivity index (χ3v) is 3.29. The number of ether oxygens (including phenoxy) is 1. The molecule has 0 saturated heterocycles. The highest BCUT2D eigenvalue weighted by Gasteiger charge is 2.09. The molecule has 0 aliphatic heterocycles. The number of hydrogen-bond acceptors (Lipinski definition) is 3. The molecule has 1 aromatic carbocycles. The number of aromatic nitrogens is 1. The molecule has 2 rings (SSSR count). The summed E-state index contributed by atoms with van der Waals surface area (Å²) < 4.78 is 5.85. The fourth-order valence-corrected chi connectivity index (χ4v) is 2.13. The van der Waals surface area contributed by atoms with Gasteiger partial charge < -0.3 is 9.53 Å². The Bertz CT molecular complexity index is 605. The van der Waals surface area contributed by atoms with E-state index in [4.69, 9.17) is 4.74 Å². The van der Waals surface area contributed by atoms with Crippen molar-refractivity contribution >= 4 is 16.7 Å². The molecule has 20 heavy (non-hydrogen) atoms. The lowest BCUT2D eigenvalue weighted by molar-refractivity contribution is -0.117. The summed E-state index contributed by atoms with van der Waals surface area (Å²) in [4.78, 5) is 15.3. The van der Waals surface area contributed by atoms with Crippen molar-refractivity contribution in [3.05, 3.63) is 36.0 Å². The van der Waals surface area contributed by atoms with Crippen LogP contribution in [0.3, 0.4) is 0 Å². The molecule has 0 atom stereocenters. The van der Waals surface area contributed by atoms with Crippen LogP contribution in [0.2, 0.25) is 0 Å². The SMILES string of the molecule is CC(=O)CCCOc1cc(C(C)C)cc2cccnc12. The first kappa shape index (κ1) is 14.5. The molecule has 0 amide bonds. The summed E-state index contributed by atoms with van der Waals surface area (Å²) in [6.45, 7) is 6.48. The number of carbonyl (C=O) groups excluding carboxylic acids is 1. The average molecular weight is 271 g/mol. The zero-order valence-electron chi connectivity index (χ0n) is 12.3. The Morgan fingerprint density at radius 1 is 1.35 bits per heavy atom. The van der Waals surface area contributed by atoms with E-state index >= 15 is 0 Å². The van der Waals surface area contributed by atoms with Gasteiger partial charge in [-0.3, -0.25) is 4.98 Å². The highest BCUT2D eigenvalue weighted by molar-refractivity contribution is 5.85. The molecular weight excluding hydrogens is 250 g/mol. The van der Waals surface area contributed by atoms with Crippen molar-refractivity contribution in [2.24, 2.45) is 0 Å². The van der Waals surface area contributed by atoms with E-state index in [1.165, 1.54) is 5.56 Å². The van der Waals surface area contributed by atoms with E-state index < -0.39 is 0 Å². The molecule has 106 valence electrons. The smallest absolute Gasteiger partial charge is 0.145 e. The zero-order valence-corrected chi connectivity index (χ0v) is 12.3. The first-order valence-corrected chi connectivity index (χ1v) is 7.09. The van der Waals surface area contributed by atoms with Crippen LogP contribution in [0.4, 0.5) is 0 Å². The number of pyridine rings is 1. The van der Waals surface area contributed by atoms with Gasteiger partial charge in [-0.25, -0.2) is 0 Å². The normalized spacial score (nSPS) is 11.0. The van der Waals surface area contributed by atoms with E-state index in [-0.39, 0.29) is 5.78 Å². The van der Waals surface area contributed by atoms with Crippen LogP contribution in [0.25, 0.3) is 10.9 Å². The maximum Gasteiger partial charge on any atom is 0.145 e. The lowest BCUT2D eigenvalue weighted by Gasteiger charge is -2.13. The molecule has 3 heteroatoms. The van der Waals surface area contributed by atoms with Gasteiger partial charge >= 0.3 is 0 Å². The van der Waals surface area contributed by atoms with Gasteiger partial charge in [0.05, 0.1) is 6.61 Å². The van der Waals surface area contributed by atoms with Crippen molar-refractivity contribution in [1.82, 2.24) is 4.98 Å². The summed E-state index contributed by atoms with van der Waals surface area (Å²) >= 11 is 0. The molecule has 3 nitrogen and oxygen atoms in total. The van der Waals surface area contributed by atoms with Gasteiger partial charge in [0.15, 0.2) is 0 Å². The van der Waals surface area contributed by atoms with E-state index in [0.29, 0.717) is 18.9 Å². The Hall–Kier alpha value is -1.90. The molecule has 2 aromatic rings. The van der Waals surface area contributed by atoms with Crippen molar-refractivity contribution < 1.29 is 9.53 Å². The number of fused-ring (bicyclic) bond motifs is 1. The zero-order chi connectivity index (χ0) is 14.5. The third-order valence-electron chi connectivity index (χ3n) is 3.29. The van der Waals surface area contributed by atoms with Crippen molar-refractivity contribution in [2.45, 2.75) is 39.5 Å². The Balaban J connectivity index is 2.23. The number of benzene rings is 1. The second-order valence-electron chi connectivity index (χ2n) is 5.40. The summed E-state index contributed by atoms with van der Waals surface area (Å²) in [5.74, 6) is 1.46. The number of Topliss-reactive ketones (excluding diaryl/α,β-unsaturated/α-hetero) is 1. The van der Waals surface area contributed by atoms with Crippen LogP contribution in [-0.2, 0) is 4.79 Å². The van der Waals surface area contributed by atoms with Crippen LogP contribution < -0.4 is 4.74 Å². The second-order valence-corrected chi connectivity index (χ2v) is 5.40. The third kappa shape index (κ3) is 3.56. The first-order valence-electron chi connectivity index (χ1n) is 7.09. The number of rotatable bonds is 6. The Morgan fingerprint density at radius 3 is 2.85 bits per heavy atom. The van der Waals surface area contributed by atoms with Crippen molar-refractivity contribution in [2.75, 3.05) is 6.61 Å². The van der Waals surface area contributed by atoms with Gasteiger partial charge in [-0.15, -0.1) is 0 Å². The fraction of sp³-hybridized carbons (Fsp3) is 0.412. The van der Waals surface area contributed by atoms with E-state index in [2.05, 4.69) is 37.0 Å². The van der Waals surface area contributed by atoms with E-state index in [1.54, 1.807) is 13.1 Å². The second kappa shape index (κ2) is 6.51. The summed E-state index contributed by atoms with van der Waals surface area (Å²) in [5, 5.41) is 1.10. The maximum atomic E-state index is 10.9. The number of hydrogen-bond donors (Lipinski definition) is 0. The minimum atomic E-state index is 0.201. The molecule has 0 radical (unpaired) electrons. The molecule has 0 fully saturated rings. The largest absolute Gasteiger partial charge is 0.491 e. The highest BCUT2D eigenvalue weighted by atomic mass is 16.5. The van der Waals surface area contributed by atoms with Crippen molar-refractivity contribution in [3.63, 3.8) is 0 Å². The van der Waals surface area contributed by atoms with Gasteiger partial charge in [0, 0.05) is 18.0 Å². The minimum Gasteiger partial charge on any atom is -0.491 e. The van der Waals surface area contributed by atoms with Crippen LogP contribution in [-0.4, -0.2) is 17.4 Å². The van der Waals surface area contributed by atoms with Crippen LogP contribution in [0.1, 0.15) is 45.1 Å². The predicted molar refractivity (Wildman–Crippen MR) is 81.2 cm³/mol. The standard InChI is InChI=1S/C17H21NO2/c1-12(2)15-10-14-7-4-8-18-17(14)16(11-15)20-9-5-6-13(3)19/h4,7-8,10-12H,5-6,9H2,1-3H3. The maximum absolute atomic E-state index is 10.9. The highest BCUT2D eigenvalue weighted by Crippen LogP contribution is 2.29. The van der Waals surface area contributed by atoms with Gasteiger partial charge in [0.1, 0.15) is 17.0 Å². The predicted octanol–water partition coefficient (Wildman–Crippen LogP) is 4.11. The number of ketones is 1. The Labute approximate surface area is 120 Å². The summed E-state index contributed by atoms with van der Waals surface area (Å²) in [7, 11) is 0. The lowest BCUT2D eigenvalue weighted by Crippen LogP contribution is -2.02. The summed E-state index contributed by atoms with van der Waals surface area (Å²) in [6.07, 6.45) is 3.09. The molecule has 0 spiro atoms. The van der Waals surface area contributed by atoms with Crippen LogP contribution in [0.15, 0.2) is 30.5 Å². The molecule has 0 saturated carbocycles. The van der Waals surface area contributed by atoms with Gasteiger partial charge in [0.2, 0.25) is 0 Å². The summed E-state index contributed by atoms with van der Waals surface area (Å²) in [5.41, 5.74) is 2.13. The molecular formula is C17H21NO2. The topological polar surface area (TPSA) is 39.2 Å². The number of nitrogens with zero attached hydrogens (tertiary/aromatic N) is 1. The van der Waals surface area contributed by atoms with E-state index in [1.807, 2.05) is 6.07 Å². The molecule has 0 unspecified atom stereocenters. The summed E-state index contributed by atoms with van der Waals surface area (Å²) in [6, 6.07) is 8.21. The monoisotopic (exact) mass is 271 g/mol. The van der Waals surface area contributed by atoms with E-state index in [9.17, 15) is 4.79 Å². The van der Waals surface area contributed by atoms with Crippen molar-refractivity contribution in [1.29, 1.82) is 0 Å². The minimum absolute atomic E-state index is 0.201. The van der Waals surface area contributed by atoms with Gasteiger partial charge in [-0.1, -0.05) is 19.9 Å². The fourth-order valence-electron chi connectivity index (χ4n) is 2.13. The molecule has 1 aromatic heterocycles. The molecule has 0 N–H and O–H groups in total. The average Bonchev–Trinajstić information content (AvgIpc) is 2.42.